The number of nitrogens with zero attached hydrogens (tertiary/aromatic N) is 2. The molecule has 1 aliphatic carbocycles. The molecule has 2 amide bonds. The molecule has 0 aliphatic heterocycles. The van der Waals surface area contributed by atoms with Gasteiger partial charge in [0.15, 0.2) is 11.5 Å². The molecule has 1 aliphatic rings. The first kappa shape index (κ1) is 21.0. The molecule has 7 nitrogen and oxygen atoms in total. The lowest BCUT2D eigenvalue weighted by molar-refractivity contribution is -0.117. The van der Waals surface area contributed by atoms with Gasteiger partial charge >= 0.3 is 0 Å². The predicted molar refractivity (Wildman–Crippen MR) is 127 cm³/mol. The van der Waals surface area contributed by atoms with E-state index in [-0.39, 0.29) is 23.4 Å². The average molecular weight is 461 g/mol. The van der Waals surface area contributed by atoms with Gasteiger partial charge in [-0.05, 0) is 73.9 Å². The van der Waals surface area contributed by atoms with Crippen molar-refractivity contribution >= 4 is 34.8 Å². The zero-order chi connectivity index (χ0) is 22.9. The van der Waals surface area contributed by atoms with Gasteiger partial charge in [0.2, 0.25) is 5.91 Å². The highest BCUT2D eigenvalue weighted by molar-refractivity contribution is 6.30. The molecule has 5 rings (SSSR count). The Labute approximate surface area is 195 Å². The number of hydrogen-bond acceptors (Lipinski definition) is 4. The van der Waals surface area contributed by atoms with Gasteiger partial charge in [0.25, 0.3) is 5.91 Å². The maximum Gasteiger partial charge on any atom is 0.276 e. The third kappa shape index (κ3) is 4.54. The average Bonchev–Trinajstić information content (AvgIpc) is 3.33. The van der Waals surface area contributed by atoms with E-state index in [1.54, 1.807) is 47.3 Å². The summed E-state index contributed by atoms with van der Waals surface area (Å²) in [4.78, 5) is 25.2. The summed E-state index contributed by atoms with van der Waals surface area (Å²) >= 11 is 6.03. The van der Waals surface area contributed by atoms with E-state index < -0.39 is 0 Å². The highest BCUT2D eigenvalue weighted by atomic mass is 35.5. The minimum absolute atomic E-state index is 0.0147. The van der Waals surface area contributed by atoms with Crippen molar-refractivity contribution in [2.45, 2.75) is 19.8 Å². The number of halogens is 1. The summed E-state index contributed by atoms with van der Waals surface area (Å²) < 4.78 is 7.20. The standard InChI is InChI=1S/C25H21ClN4O3/c1-15-4-9-18(27-24(31)16-5-6-16)13-20(15)28-25(32)21-14-22(23-3-2-12-33-23)30(29-21)19-10-7-17(26)8-11-19/h2-4,7-14,16H,5-6H2,1H3,(H,27,31)(H,28,32). The molecule has 166 valence electrons. The van der Waals surface area contributed by atoms with Crippen LogP contribution in [0.4, 0.5) is 11.4 Å². The molecule has 2 aromatic heterocycles. The minimum atomic E-state index is -0.371. The predicted octanol–water partition coefficient (Wildman–Crippen LogP) is 5.69. The smallest absolute Gasteiger partial charge is 0.276 e. The fraction of sp³-hybridized carbons (Fsp3) is 0.160. The van der Waals surface area contributed by atoms with Crippen LogP contribution >= 0.6 is 11.6 Å². The summed E-state index contributed by atoms with van der Waals surface area (Å²) in [5.74, 6) is 0.323. The molecule has 8 heteroatoms. The van der Waals surface area contributed by atoms with Crippen LogP contribution in [0.2, 0.25) is 5.02 Å². The number of nitrogens with one attached hydrogen (secondary N) is 2. The second kappa shape index (κ2) is 8.60. The Morgan fingerprint density at radius 1 is 1.06 bits per heavy atom. The molecule has 33 heavy (non-hydrogen) atoms. The molecule has 0 spiro atoms. The van der Waals surface area contributed by atoms with Crippen LogP contribution in [0.3, 0.4) is 0 Å². The molecule has 0 atom stereocenters. The second-order valence-electron chi connectivity index (χ2n) is 8.03. The number of aryl methyl sites for hydroxylation is 1. The number of aromatic nitrogens is 2. The molecular weight excluding hydrogens is 440 g/mol. The molecule has 2 heterocycles. The largest absolute Gasteiger partial charge is 0.463 e. The summed E-state index contributed by atoms with van der Waals surface area (Å²) in [5, 5.41) is 11.0. The number of carbonyl (C=O) groups excluding carboxylic acids is 2. The lowest BCUT2D eigenvalue weighted by atomic mass is 10.1. The maximum atomic E-state index is 13.1. The summed E-state index contributed by atoms with van der Waals surface area (Å²) in [5.41, 5.74) is 3.73. The number of rotatable bonds is 6. The van der Waals surface area contributed by atoms with Gasteiger partial charge < -0.3 is 15.1 Å². The summed E-state index contributed by atoms with van der Waals surface area (Å²) in [6, 6.07) is 17.9. The van der Waals surface area contributed by atoms with Gasteiger partial charge in [-0.2, -0.15) is 5.10 Å². The molecular formula is C25H21ClN4O3. The van der Waals surface area contributed by atoms with E-state index in [1.807, 2.05) is 31.2 Å². The highest BCUT2D eigenvalue weighted by Gasteiger charge is 2.29. The third-order valence-corrected chi connectivity index (χ3v) is 5.74. The Balaban J connectivity index is 1.43. The first-order valence-corrected chi connectivity index (χ1v) is 11.0. The maximum absolute atomic E-state index is 13.1. The van der Waals surface area contributed by atoms with E-state index in [9.17, 15) is 9.59 Å². The molecule has 0 saturated heterocycles. The van der Waals surface area contributed by atoms with Gasteiger partial charge in [0, 0.05) is 28.4 Å². The molecule has 1 saturated carbocycles. The van der Waals surface area contributed by atoms with Crippen molar-refractivity contribution in [3.8, 4) is 17.1 Å². The molecule has 0 bridgehead atoms. The van der Waals surface area contributed by atoms with Crippen molar-refractivity contribution in [1.29, 1.82) is 0 Å². The number of amides is 2. The lowest BCUT2D eigenvalue weighted by Crippen LogP contribution is -2.16. The van der Waals surface area contributed by atoms with Crippen molar-refractivity contribution in [2.75, 3.05) is 10.6 Å². The quantitative estimate of drug-likeness (QED) is 0.386. The third-order valence-electron chi connectivity index (χ3n) is 5.49. The number of hydrogen-bond donors (Lipinski definition) is 2. The van der Waals surface area contributed by atoms with Gasteiger partial charge in [-0.3, -0.25) is 9.59 Å². The Bertz CT molecular complexity index is 1320. The molecule has 0 unspecified atom stereocenters. The number of anilines is 2. The van der Waals surface area contributed by atoms with Crippen molar-refractivity contribution in [1.82, 2.24) is 9.78 Å². The van der Waals surface area contributed by atoms with Crippen LogP contribution < -0.4 is 10.6 Å². The Morgan fingerprint density at radius 3 is 2.55 bits per heavy atom. The van der Waals surface area contributed by atoms with Gasteiger partial charge in [-0.1, -0.05) is 17.7 Å². The fourth-order valence-corrected chi connectivity index (χ4v) is 3.61. The summed E-state index contributed by atoms with van der Waals surface area (Å²) in [6.07, 6.45) is 3.42. The molecule has 0 radical (unpaired) electrons. The normalized spacial score (nSPS) is 13.0. The monoisotopic (exact) mass is 460 g/mol. The van der Waals surface area contributed by atoms with Crippen LogP contribution in [0.1, 0.15) is 28.9 Å². The number of furan rings is 1. The first-order chi connectivity index (χ1) is 16.0. The van der Waals surface area contributed by atoms with Crippen LogP contribution in [0.5, 0.6) is 0 Å². The van der Waals surface area contributed by atoms with Crippen LogP contribution in [-0.2, 0) is 4.79 Å². The minimum Gasteiger partial charge on any atom is -0.463 e. The Morgan fingerprint density at radius 2 is 1.85 bits per heavy atom. The van der Waals surface area contributed by atoms with E-state index in [0.717, 1.165) is 24.1 Å². The van der Waals surface area contributed by atoms with Crippen LogP contribution in [0.15, 0.2) is 71.3 Å². The number of benzene rings is 2. The Kier molecular flexibility index (Phi) is 5.48. The molecule has 4 aromatic rings. The Hall–Kier alpha value is -3.84. The first-order valence-electron chi connectivity index (χ1n) is 10.6. The topological polar surface area (TPSA) is 89.2 Å². The van der Waals surface area contributed by atoms with Crippen molar-refractivity contribution in [3.63, 3.8) is 0 Å². The van der Waals surface area contributed by atoms with Gasteiger partial charge in [0.05, 0.1) is 12.0 Å². The van der Waals surface area contributed by atoms with E-state index in [2.05, 4.69) is 15.7 Å². The lowest BCUT2D eigenvalue weighted by Gasteiger charge is -2.11. The van der Waals surface area contributed by atoms with E-state index in [4.69, 9.17) is 16.0 Å². The van der Waals surface area contributed by atoms with Gasteiger partial charge in [-0.25, -0.2) is 4.68 Å². The zero-order valence-corrected chi connectivity index (χ0v) is 18.6. The van der Waals surface area contributed by atoms with Crippen LogP contribution in [-0.4, -0.2) is 21.6 Å². The SMILES string of the molecule is Cc1ccc(NC(=O)C2CC2)cc1NC(=O)c1cc(-c2ccco2)n(-c2ccc(Cl)cc2)n1. The van der Waals surface area contributed by atoms with E-state index in [1.165, 1.54) is 0 Å². The van der Waals surface area contributed by atoms with Crippen LogP contribution in [0.25, 0.3) is 17.1 Å². The molecule has 1 fully saturated rings. The van der Waals surface area contributed by atoms with Crippen molar-refractivity contribution in [2.24, 2.45) is 5.92 Å². The van der Waals surface area contributed by atoms with E-state index >= 15 is 0 Å². The van der Waals surface area contributed by atoms with Crippen molar-refractivity contribution < 1.29 is 14.0 Å². The van der Waals surface area contributed by atoms with Crippen LogP contribution in [0, 0.1) is 12.8 Å². The van der Waals surface area contributed by atoms with Crippen molar-refractivity contribution in [3.05, 3.63) is 83.2 Å². The number of carbonyl (C=O) groups is 2. The zero-order valence-electron chi connectivity index (χ0n) is 17.8. The molecule has 2 aromatic carbocycles. The highest BCUT2D eigenvalue weighted by Crippen LogP contribution is 2.31. The summed E-state index contributed by atoms with van der Waals surface area (Å²) in [7, 11) is 0. The van der Waals surface area contributed by atoms with Gasteiger partial charge in [0.1, 0.15) is 5.69 Å². The second-order valence-corrected chi connectivity index (χ2v) is 8.46. The fourth-order valence-electron chi connectivity index (χ4n) is 3.48. The molecule has 2 N–H and O–H groups in total. The summed E-state index contributed by atoms with van der Waals surface area (Å²) in [6.45, 7) is 1.89. The van der Waals surface area contributed by atoms with Gasteiger partial charge in [-0.15, -0.1) is 0 Å². The van der Waals surface area contributed by atoms with E-state index in [0.29, 0.717) is 27.9 Å².